The van der Waals surface area contributed by atoms with Crippen molar-refractivity contribution in [2.75, 3.05) is 10.6 Å². The number of hydrogen-bond acceptors (Lipinski definition) is 3. The van der Waals surface area contributed by atoms with Crippen molar-refractivity contribution in [3.8, 4) is 0 Å². The van der Waals surface area contributed by atoms with E-state index in [-0.39, 0.29) is 6.03 Å². The molecule has 1 heterocycles. The number of carbonyl (C=O) groups is 1. The zero-order valence-electron chi connectivity index (χ0n) is 13.1. The van der Waals surface area contributed by atoms with E-state index in [4.69, 9.17) is 11.6 Å². The van der Waals surface area contributed by atoms with E-state index in [1.165, 1.54) is 0 Å². The van der Waals surface area contributed by atoms with Crippen LogP contribution in [0.2, 0.25) is 5.02 Å². The Morgan fingerprint density at radius 1 is 1.26 bits per heavy atom. The molecule has 0 bridgehead atoms. The normalized spacial score (nSPS) is 13.5. The summed E-state index contributed by atoms with van der Waals surface area (Å²) in [5.74, 6) is 0.673. The Labute approximate surface area is 140 Å². The molecule has 1 fully saturated rings. The third-order valence-electron chi connectivity index (χ3n) is 3.62. The van der Waals surface area contributed by atoms with Gasteiger partial charge >= 0.3 is 6.03 Å². The molecular formula is C17H19ClN4O. The Hall–Kier alpha value is -2.27. The van der Waals surface area contributed by atoms with E-state index >= 15 is 0 Å². The number of rotatable bonds is 4. The smallest absolute Gasteiger partial charge is 0.319 e. The van der Waals surface area contributed by atoms with Gasteiger partial charge in [0.1, 0.15) is 5.82 Å². The summed E-state index contributed by atoms with van der Waals surface area (Å²) >= 11 is 6.28. The number of carbonyl (C=O) groups excluding carboxylic acids is 1. The van der Waals surface area contributed by atoms with E-state index in [9.17, 15) is 4.79 Å². The largest absolute Gasteiger partial charge is 0.339 e. The molecule has 1 saturated carbocycles. The lowest BCUT2D eigenvalue weighted by atomic mass is 10.1. The topological polar surface area (TPSA) is 66.0 Å². The van der Waals surface area contributed by atoms with E-state index in [0.717, 1.165) is 29.7 Å². The number of nitrogens with zero attached hydrogens (tertiary/aromatic N) is 1. The highest BCUT2D eigenvalue weighted by Crippen LogP contribution is 2.29. The number of amides is 2. The number of anilines is 3. The molecule has 0 atom stereocenters. The van der Waals surface area contributed by atoms with Crippen LogP contribution in [0.15, 0.2) is 30.5 Å². The number of pyridine rings is 1. The molecule has 1 aliphatic carbocycles. The van der Waals surface area contributed by atoms with Crippen molar-refractivity contribution in [1.82, 2.24) is 10.3 Å². The quantitative estimate of drug-likeness (QED) is 0.779. The van der Waals surface area contributed by atoms with Crippen molar-refractivity contribution in [2.24, 2.45) is 0 Å². The maximum absolute atomic E-state index is 11.7. The Morgan fingerprint density at radius 3 is 2.65 bits per heavy atom. The molecule has 2 aromatic rings. The molecule has 1 aromatic heterocycles. The molecule has 1 aromatic carbocycles. The Morgan fingerprint density at radius 2 is 2.04 bits per heavy atom. The van der Waals surface area contributed by atoms with Crippen LogP contribution in [-0.4, -0.2) is 17.1 Å². The Kier molecular flexibility index (Phi) is 4.39. The maximum atomic E-state index is 11.7. The highest BCUT2D eigenvalue weighted by atomic mass is 35.5. The Bertz CT molecular complexity index is 703. The molecule has 0 radical (unpaired) electrons. The highest BCUT2D eigenvalue weighted by molar-refractivity contribution is 6.33. The first-order chi connectivity index (χ1) is 11.0. The molecule has 6 heteroatoms. The van der Waals surface area contributed by atoms with Gasteiger partial charge in [0.25, 0.3) is 0 Å². The molecule has 3 N–H and O–H groups in total. The molecular weight excluding hydrogens is 312 g/mol. The van der Waals surface area contributed by atoms with Crippen molar-refractivity contribution >= 4 is 34.8 Å². The lowest BCUT2D eigenvalue weighted by Crippen LogP contribution is -2.30. The number of urea groups is 1. The van der Waals surface area contributed by atoms with Gasteiger partial charge in [0.2, 0.25) is 0 Å². The highest BCUT2D eigenvalue weighted by Gasteiger charge is 2.23. The fraction of sp³-hybridized carbons (Fsp3) is 0.294. The first-order valence-corrected chi connectivity index (χ1v) is 7.96. The summed E-state index contributed by atoms with van der Waals surface area (Å²) in [5.41, 5.74) is 3.67. The fourth-order valence-electron chi connectivity index (χ4n) is 2.32. The number of aryl methyl sites for hydroxylation is 2. The van der Waals surface area contributed by atoms with Crippen molar-refractivity contribution in [3.05, 3.63) is 46.6 Å². The number of aromatic nitrogens is 1. The second-order valence-electron chi connectivity index (χ2n) is 5.87. The summed E-state index contributed by atoms with van der Waals surface area (Å²) in [7, 11) is 0. The molecule has 3 rings (SSSR count). The third kappa shape index (κ3) is 4.13. The fourth-order valence-corrected chi connectivity index (χ4v) is 2.69. The van der Waals surface area contributed by atoms with Gasteiger partial charge in [-0.15, -0.1) is 0 Å². The van der Waals surface area contributed by atoms with Crippen LogP contribution in [-0.2, 0) is 0 Å². The van der Waals surface area contributed by atoms with E-state index in [0.29, 0.717) is 22.6 Å². The molecule has 0 saturated heterocycles. The van der Waals surface area contributed by atoms with Gasteiger partial charge in [-0.25, -0.2) is 9.78 Å². The van der Waals surface area contributed by atoms with Gasteiger partial charge in [0, 0.05) is 6.04 Å². The van der Waals surface area contributed by atoms with E-state index in [1.807, 2.05) is 26.0 Å². The summed E-state index contributed by atoms with van der Waals surface area (Å²) in [5, 5.41) is 9.52. The predicted octanol–water partition coefficient (Wildman–Crippen LogP) is 4.38. The minimum atomic E-state index is -0.188. The zero-order valence-corrected chi connectivity index (χ0v) is 13.9. The van der Waals surface area contributed by atoms with Gasteiger partial charge in [0.05, 0.1) is 22.6 Å². The van der Waals surface area contributed by atoms with Crippen molar-refractivity contribution in [2.45, 2.75) is 32.7 Å². The second-order valence-corrected chi connectivity index (χ2v) is 6.28. The monoisotopic (exact) mass is 330 g/mol. The summed E-state index contributed by atoms with van der Waals surface area (Å²) in [4.78, 5) is 16.0. The minimum Gasteiger partial charge on any atom is -0.339 e. The predicted molar refractivity (Wildman–Crippen MR) is 93.6 cm³/mol. The van der Waals surface area contributed by atoms with Gasteiger partial charge in [-0.1, -0.05) is 17.7 Å². The molecule has 120 valence electrons. The van der Waals surface area contributed by atoms with Crippen LogP contribution in [0.4, 0.5) is 22.0 Å². The minimum absolute atomic E-state index is 0.188. The van der Waals surface area contributed by atoms with E-state index in [1.54, 1.807) is 12.3 Å². The number of nitrogens with one attached hydrogen (secondary N) is 3. The first kappa shape index (κ1) is 15.6. The van der Waals surface area contributed by atoms with E-state index in [2.05, 4.69) is 27.0 Å². The van der Waals surface area contributed by atoms with Gasteiger partial charge in [-0.05, 0) is 56.0 Å². The summed E-state index contributed by atoms with van der Waals surface area (Å²) in [6.07, 6.45) is 3.74. The summed E-state index contributed by atoms with van der Waals surface area (Å²) in [6.45, 7) is 4.01. The van der Waals surface area contributed by atoms with Gasteiger partial charge < -0.3 is 16.0 Å². The van der Waals surface area contributed by atoms with Crippen LogP contribution < -0.4 is 16.0 Å². The number of halogens is 1. The lowest BCUT2D eigenvalue weighted by Gasteiger charge is -2.12. The van der Waals surface area contributed by atoms with Crippen LogP contribution in [0.5, 0.6) is 0 Å². The zero-order chi connectivity index (χ0) is 16.4. The molecule has 1 aliphatic rings. The van der Waals surface area contributed by atoms with E-state index < -0.39 is 0 Å². The molecule has 0 unspecified atom stereocenters. The molecule has 5 nitrogen and oxygen atoms in total. The van der Waals surface area contributed by atoms with Crippen molar-refractivity contribution in [1.29, 1.82) is 0 Å². The van der Waals surface area contributed by atoms with Crippen molar-refractivity contribution < 1.29 is 4.79 Å². The van der Waals surface area contributed by atoms with Crippen LogP contribution in [0.1, 0.15) is 24.0 Å². The maximum Gasteiger partial charge on any atom is 0.319 e. The Balaban J connectivity index is 1.66. The molecule has 23 heavy (non-hydrogen) atoms. The average Bonchev–Trinajstić information content (AvgIpc) is 3.28. The first-order valence-electron chi connectivity index (χ1n) is 7.58. The van der Waals surface area contributed by atoms with Crippen LogP contribution in [0, 0.1) is 13.8 Å². The number of hydrogen-bond donors (Lipinski definition) is 3. The third-order valence-corrected chi connectivity index (χ3v) is 3.92. The molecule has 0 aliphatic heterocycles. The van der Waals surface area contributed by atoms with Crippen LogP contribution in [0.3, 0.4) is 0 Å². The molecule has 2 amide bonds. The lowest BCUT2D eigenvalue weighted by molar-refractivity contribution is 0.251. The van der Waals surface area contributed by atoms with Crippen molar-refractivity contribution in [3.63, 3.8) is 0 Å². The van der Waals surface area contributed by atoms with Crippen LogP contribution in [0.25, 0.3) is 0 Å². The van der Waals surface area contributed by atoms with Gasteiger partial charge in [0.15, 0.2) is 0 Å². The standard InChI is InChI=1S/C17H19ClN4O/c1-10-7-11(2)16(14(18)8-10)22-15-6-5-13(9-19-15)21-17(23)20-12-3-4-12/h5-9,12H,3-4H2,1-2H3,(H,19,22)(H2,20,21,23). The van der Waals surface area contributed by atoms with Gasteiger partial charge in [-0.2, -0.15) is 0 Å². The molecule has 0 spiro atoms. The second kappa shape index (κ2) is 6.46. The number of benzene rings is 1. The van der Waals surface area contributed by atoms with Crippen LogP contribution >= 0.6 is 11.6 Å². The summed E-state index contributed by atoms with van der Waals surface area (Å²) in [6, 6.07) is 7.73. The van der Waals surface area contributed by atoms with Gasteiger partial charge in [-0.3, -0.25) is 0 Å². The average molecular weight is 331 g/mol. The SMILES string of the molecule is Cc1cc(C)c(Nc2ccc(NC(=O)NC3CC3)cn2)c(Cl)c1. The summed E-state index contributed by atoms with van der Waals surface area (Å²) < 4.78 is 0.